The van der Waals surface area contributed by atoms with Gasteiger partial charge in [0.05, 0.1) is 6.10 Å². The topological polar surface area (TPSA) is 29.5 Å². The standard InChI is InChI=1S/C10H12F2O2/c1-6-3-4-8(7(2)13)5-9(6)14-10(11)12/h3-5,7,10,13H,1-2H3/t7-/m0/s1. The van der Waals surface area contributed by atoms with Gasteiger partial charge in [0.1, 0.15) is 5.75 Å². The minimum Gasteiger partial charge on any atom is -0.435 e. The molecule has 0 aromatic heterocycles. The first kappa shape index (κ1) is 10.9. The summed E-state index contributed by atoms with van der Waals surface area (Å²) in [6, 6.07) is 4.74. The van der Waals surface area contributed by atoms with Gasteiger partial charge in [-0.2, -0.15) is 8.78 Å². The molecule has 0 unspecified atom stereocenters. The molecule has 0 saturated carbocycles. The van der Waals surface area contributed by atoms with E-state index in [0.717, 1.165) is 0 Å². The summed E-state index contributed by atoms with van der Waals surface area (Å²) in [5.74, 6) is 0.110. The van der Waals surface area contributed by atoms with Crippen molar-refractivity contribution in [2.45, 2.75) is 26.6 Å². The average molecular weight is 202 g/mol. The molecular formula is C10H12F2O2. The van der Waals surface area contributed by atoms with Gasteiger partial charge in [0.15, 0.2) is 0 Å². The lowest BCUT2D eigenvalue weighted by Gasteiger charge is -2.11. The van der Waals surface area contributed by atoms with Crippen molar-refractivity contribution in [1.82, 2.24) is 0 Å². The minimum absolute atomic E-state index is 0.110. The quantitative estimate of drug-likeness (QED) is 0.816. The summed E-state index contributed by atoms with van der Waals surface area (Å²) in [4.78, 5) is 0. The Morgan fingerprint density at radius 3 is 2.50 bits per heavy atom. The number of hydrogen-bond acceptors (Lipinski definition) is 2. The number of aliphatic hydroxyl groups excluding tert-OH is 1. The van der Waals surface area contributed by atoms with E-state index in [9.17, 15) is 13.9 Å². The normalized spacial score (nSPS) is 13.0. The maximum atomic E-state index is 11.9. The third kappa shape index (κ3) is 2.67. The first-order chi connectivity index (χ1) is 6.50. The highest BCUT2D eigenvalue weighted by molar-refractivity contribution is 5.37. The van der Waals surface area contributed by atoms with Crippen LogP contribution in [0.25, 0.3) is 0 Å². The first-order valence-corrected chi connectivity index (χ1v) is 4.24. The number of rotatable bonds is 3. The summed E-state index contributed by atoms with van der Waals surface area (Å²) >= 11 is 0. The van der Waals surface area contributed by atoms with Crippen LogP contribution >= 0.6 is 0 Å². The van der Waals surface area contributed by atoms with Gasteiger partial charge in [-0.05, 0) is 31.0 Å². The van der Waals surface area contributed by atoms with E-state index >= 15 is 0 Å². The zero-order chi connectivity index (χ0) is 10.7. The van der Waals surface area contributed by atoms with Crippen molar-refractivity contribution in [2.75, 3.05) is 0 Å². The molecule has 0 aliphatic rings. The van der Waals surface area contributed by atoms with Gasteiger partial charge >= 0.3 is 6.61 Å². The van der Waals surface area contributed by atoms with Crippen LogP contribution in [0, 0.1) is 6.92 Å². The average Bonchev–Trinajstić information content (AvgIpc) is 2.07. The SMILES string of the molecule is Cc1ccc([C@H](C)O)cc1OC(F)F. The monoisotopic (exact) mass is 202 g/mol. The number of hydrogen-bond donors (Lipinski definition) is 1. The predicted octanol–water partition coefficient (Wildman–Crippen LogP) is 2.65. The first-order valence-electron chi connectivity index (χ1n) is 4.24. The fraction of sp³-hybridized carbons (Fsp3) is 0.400. The Morgan fingerprint density at radius 1 is 1.36 bits per heavy atom. The number of aryl methyl sites for hydroxylation is 1. The van der Waals surface area contributed by atoms with Crippen molar-refractivity contribution in [3.8, 4) is 5.75 Å². The van der Waals surface area contributed by atoms with E-state index in [1.54, 1.807) is 26.0 Å². The molecule has 0 spiro atoms. The second-order valence-corrected chi connectivity index (χ2v) is 3.08. The molecular weight excluding hydrogens is 190 g/mol. The lowest BCUT2D eigenvalue weighted by atomic mass is 10.1. The second kappa shape index (κ2) is 4.37. The van der Waals surface area contributed by atoms with Gasteiger partial charge in [0, 0.05) is 0 Å². The lowest BCUT2D eigenvalue weighted by Crippen LogP contribution is -2.04. The fourth-order valence-electron chi connectivity index (χ4n) is 1.10. The lowest BCUT2D eigenvalue weighted by molar-refractivity contribution is -0.0504. The molecule has 0 aliphatic carbocycles. The molecule has 0 bridgehead atoms. The highest BCUT2D eigenvalue weighted by Gasteiger charge is 2.09. The Morgan fingerprint density at radius 2 is 2.00 bits per heavy atom. The van der Waals surface area contributed by atoms with E-state index in [-0.39, 0.29) is 5.75 Å². The van der Waals surface area contributed by atoms with Gasteiger partial charge in [-0.15, -0.1) is 0 Å². The van der Waals surface area contributed by atoms with Gasteiger partial charge in [-0.25, -0.2) is 0 Å². The molecule has 0 saturated heterocycles. The molecule has 1 aromatic rings. The van der Waals surface area contributed by atoms with Crippen molar-refractivity contribution < 1.29 is 18.6 Å². The molecule has 14 heavy (non-hydrogen) atoms. The molecule has 1 N–H and O–H groups in total. The van der Waals surface area contributed by atoms with Gasteiger partial charge < -0.3 is 9.84 Å². The van der Waals surface area contributed by atoms with Crippen molar-refractivity contribution in [3.63, 3.8) is 0 Å². The summed E-state index contributed by atoms with van der Waals surface area (Å²) < 4.78 is 28.2. The molecule has 1 aromatic carbocycles. The van der Waals surface area contributed by atoms with Crippen molar-refractivity contribution in [1.29, 1.82) is 0 Å². The number of halogens is 2. The van der Waals surface area contributed by atoms with Crippen molar-refractivity contribution >= 4 is 0 Å². The van der Waals surface area contributed by atoms with Gasteiger partial charge in [0.2, 0.25) is 0 Å². The van der Waals surface area contributed by atoms with E-state index in [1.165, 1.54) is 6.07 Å². The molecule has 4 heteroatoms. The molecule has 2 nitrogen and oxygen atoms in total. The van der Waals surface area contributed by atoms with Gasteiger partial charge in [0.25, 0.3) is 0 Å². The molecule has 0 heterocycles. The Kier molecular flexibility index (Phi) is 3.41. The van der Waals surface area contributed by atoms with Crippen LogP contribution in [0.4, 0.5) is 8.78 Å². The Labute approximate surface area is 81.1 Å². The van der Waals surface area contributed by atoms with Crippen LogP contribution in [0.3, 0.4) is 0 Å². The Hall–Kier alpha value is -1.16. The molecule has 0 amide bonds. The second-order valence-electron chi connectivity index (χ2n) is 3.08. The van der Waals surface area contributed by atoms with E-state index in [4.69, 9.17) is 0 Å². The van der Waals surface area contributed by atoms with Crippen LogP contribution in [0.2, 0.25) is 0 Å². The van der Waals surface area contributed by atoms with Crippen LogP contribution in [0.5, 0.6) is 5.75 Å². The molecule has 1 atom stereocenters. The Bertz CT molecular complexity index is 311. The van der Waals surface area contributed by atoms with Crippen molar-refractivity contribution in [3.05, 3.63) is 29.3 Å². The maximum absolute atomic E-state index is 11.9. The molecule has 0 radical (unpaired) electrons. The number of benzene rings is 1. The maximum Gasteiger partial charge on any atom is 0.387 e. The Balaban J connectivity index is 2.96. The van der Waals surface area contributed by atoms with Crippen LogP contribution < -0.4 is 4.74 Å². The van der Waals surface area contributed by atoms with E-state index in [2.05, 4.69) is 4.74 Å². The van der Waals surface area contributed by atoms with Gasteiger partial charge in [-0.1, -0.05) is 12.1 Å². The van der Waals surface area contributed by atoms with Gasteiger partial charge in [-0.3, -0.25) is 0 Å². The molecule has 0 aliphatic heterocycles. The zero-order valence-electron chi connectivity index (χ0n) is 8.00. The summed E-state index contributed by atoms with van der Waals surface area (Å²) in [5, 5.41) is 9.23. The molecule has 0 fully saturated rings. The highest BCUT2D eigenvalue weighted by Crippen LogP contribution is 2.24. The van der Waals surface area contributed by atoms with Crippen molar-refractivity contribution in [2.24, 2.45) is 0 Å². The smallest absolute Gasteiger partial charge is 0.387 e. The number of aliphatic hydroxyl groups is 1. The largest absolute Gasteiger partial charge is 0.435 e. The van der Waals surface area contributed by atoms with Crippen LogP contribution in [0.1, 0.15) is 24.2 Å². The van der Waals surface area contributed by atoms with Crippen LogP contribution in [-0.2, 0) is 0 Å². The van der Waals surface area contributed by atoms with E-state index in [0.29, 0.717) is 11.1 Å². The minimum atomic E-state index is -2.84. The molecule has 1 rings (SSSR count). The third-order valence-electron chi connectivity index (χ3n) is 1.91. The fourth-order valence-corrected chi connectivity index (χ4v) is 1.10. The predicted molar refractivity (Wildman–Crippen MR) is 48.4 cm³/mol. The number of ether oxygens (including phenoxy) is 1. The molecule has 78 valence electrons. The number of alkyl halides is 2. The summed E-state index contributed by atoms with van der Waals surface area (Å²) in [6.07, 6.45) is -0.685. The zero-order valence-corrected chi connectivity index (χ0v) is 8.00. The summed E-state index contributed by atoms with van der Waals surface area (Å²) in [5.41, 5.74) is 1.18. The highest BCUT2D eigenvalue weighted by atomic mass is 19.3. The third-order valence-corrected chi connectivity index (χ3v) is 1.91. The summed E-state index contributed by atoms with van der Waals surface area (Å²) in [6.45, 7) is 0.401. The summed E-state index contributed by atoms with van der Waals surface area (Å²) in [7, 11) is 0. The van der Waals surface area contributed by atoms with E-state index < -0.39 is 12.7 Å². The van der Waals surface area contributed by atoms with Crippen LogP contribution in [-0.4, -0.2) is 11.7 Å². The van der Waals surface area contributed by atoms with Crippen LogP contribution in [0.15, 0.2) is 18.2 Å². The van der Waals surface area contributed by atoms with E-state index in [1.807, 2.05) is 0 Å².